The molecule has 100 valence electrons. The van der Waals surface area contributed by atoms with E-state index < -0.39 is 0 Å². The van der Waals surface area contributed by atoms with Crippen molar-refractivity contribution >= 4 is 0 Å². The number of nitrogens with zero attached hydrogens (tertiary/aromatic N) is 3. The molecule has 1 N–H and O–H groups in total. The third-order valence-corrected chi connectivity index (χ3v) is 4.07. The van der Waals surface area contributed by atoms with Gasteiger partial charge in [0.15, 0.2) is 5.82 Å². The topological polar surface area (TPSA) is 54.2 Å². The molecule has 5 nitrogen and oxygen atoms in total. The highest BCUT2D eigenvalue weighted by molar-refractivity contribution is 5.01. The van der Waals surface area contributed by atoms with Crippen LogP contribution in [0, 0.1) is 0 Å². The van der Waals surface area contributed by atoms with E-state index >= 15 is 0 Å². The van der Waals surface area contributed by atoms with Crippen molar-refractivity contribution in [3.63, 3.8) is 0 Å². The first-order valence-corrected chi connectivity index (χ1v) is 7.08. The van der Waals surface area contributed by atoms with E-state index in [9.17, 15) is 0 Å². The summed E-state index contributed by atoms with van der Waals surface area (Å²) in [5, 5.41) is 7.57. The molecule has 0 bridgehead atoms. The van der Waals surface area contributed by atoms with E-state index in [0.717, 1.165) is 37.6 Å². The summed E-state index contributed by atoms with van der Waals surface area (Å²) >= 11 is 0. The zero-order valence-electron chi connectivity index (χ0n) is 11.2. The number of hydrogen-bond acceptors (Lipinski definition) is 5. The lowest BCUT2D eigenvalue weighted by molar-refractivity contribution is 0.170. The van der Waals surface area contributed by atoms with E-state index in [-0.39, 0.29) is 0 Å². The fourth-order valence-electron chi connectivity index (χ4n) is 3.10. The highest BCUT2D eigenvalue weighted by Crippen LogP contribution is 2.33. The van der Waals surface area contributed by atoms with Gasteiger partial charge in [-0.3, -0.25) is 4.90 Å². The van der Waals surface area contributed by atoms with Gasteiger partial charge in [0.05, 0.1) is 12.1 Å². The van der Waals surface area contributed by atoms with Crippen molar-refractivity contribution < 1.29 is 4.52 Å². The third-order valence-electron chi connectivity index (χ3n) is 4.07. The van der Waals surface area contributed by atoms with Crippen molar-refractivity contribution in [3.05, 3.63) is 11.7 Å². The van der Waals surface area contributed by atoms with Crippen LogP contribution in [0.1, 0.15) is 63.3 Å². The van der Waals surface area contributed by atoms with E-state index in [1.807, 2.05) is 0 Å². The maximum absolute atomic E-state index is 5.50. The normalized spacial score (nSPS) is 29.5. The molecule has 2 unspecified atom stereocenters. The molecule has 18 heavy (non-hydrogen) atoms. The third kappa shape index (κ3) is 2.17. The standard InChI is InChI=1S/C13H22N4O/c1-9(2)17-8-4-6-11(17)13-15-12(16-18-13)10-5-3-7-14-10/h9-11,14H,3-8H2,1-2H3. The van der Waals surface area contributed by atoms with Crippen LogP contribution in [0.25, 0.3) is 0 Å². The van der Waals surface area contributed by atoms with Gasteiger partial charge in [-0.25, -0.2) is 0 Å². The number of rotatable bonds is 3. The van der Waals surface area contributed by atoms with Gasteiger partial charge in [0.25, 0.3) is 0 Å². The van der Waals surface area contributed by atoms with Crippen molar-refractivity contribution in [1.29, 1.82) is 0 Å². The van der Waals surface area contributed by atoms with Gasteiger partial charge in [-0.15, -0.1) is 0 Å². The minimum Gasteiger partial charge on any atom is -0.338 e. The molecule has 0 saturated carbocycles. The maximum atomic E-state index is 5.50. The molecule has 2 aliphatic rings. The first-order valence-electron chi connectivity index (χ1n) is 7.08. The lowest BCUT2D eigenvalue weighted by atomic mass is 10.2. The summed E-state index contributed by atoms with van der Waals surface area (Å²) in [5.41, 5.74) is 0. The van der Waals surface area contributed by atoms with Gasteiger partial charge in [-0.2, -0.15) is 4.98 Å². The molecule has 2 saturated heterocycles. The van der Waals surface area contributed by atoms with Crippen LogP contribution in [0.2, 0.25) is 0 Å². The molecule has 2 aliphatic heterocycles. The van der Waals surface area contributed by atoms with Crippen molar-refractivity contribution in [2.45, 2.75) is 57.7 Å². The van der Waals surface area contributed by atoms with E-state index in [2.05, 4.69) is 34.2 Å². The molecule has 2 atom stereocenters. The van der Waals surface area contributed by atoms with E-state index in [4.69, 9.17) is 4.52 Å². The van der Waals surface area contributed by atoms with Crippen LogP contribution in [0.3, 0.4) is 0 Å². The summed E-state index contributed by atoms with van der Waals surface area (Å²) < 4.78 is 5.50. The minimum absolute atomic E-state index is 0.302. The molecule has 0 aliphatic carbocycles. The Morgan fingerprint density at radius 3 is 2.94 bits per heavy atom. The van der Waals surface area contributed by atoms with Crippen LogP contribution < -0.4 is 5.32 Å². The Kier molecular flexibility index (Phi) is 3.35. The van der Waals surface area contributed by atoms with Crippen molar-refractivity contribution in [2.24, 2.45) is 0 Å². The van der Waals surface area contributed by atoms with Crippen LogP contribution >= 0.6 is 0 Å². The van der Waals surface area contributed by atoms with Gasteiger partial charge < -0.3 is 9.84 Å². The molecule has 3 heterocycles. The van der Waals surface area contributed by atoms with Gasteiger partial charge in [-0.05, 0) is 52.6 Å². The summed E-state index contributed by atoms with van der Waals surface area (Å²) in [5.74, 6) is 1.66. The predicted molar refractivity (Wildman–Crippen MR) is 68.1 cm³/mol. The van der Waals surface area contributed by atoms with Crippen molar-refractivity contribution in [3.8, 4) is 0 Å². The highest BCUT2D eigenvalue weighted by atomic mass is 16.5. The molecular weight excluding hydrogens is 228 g/mol. The zero-order valence-corrected chi connectivity index (χ0v) is 11.2. The zero-order chi connectivity index (χ0) is 12.5. The molecular formula is C13H22N4O. The van der Waals surface area contributed by atoms with E-state index in [1.165, 1.54) is 12.8 Å². The Hall–Kier alpha value is -0.940. The van der Waals surface area contributed by atoms with Gasteiger partial charge in [0.2, 0.25) is 5.89 Å². The quantitative estimate of drug-likeness (QED) is 0.889. The molecule has 0 aromatic carbocycles. The van der Waals surface area contributed by atoms with Crippen molar-refractivity contribution in [1.82, 2.24) is 20.4 Å². The smallest absolute Gasteiger partial charge is 0.244 e. The fourth-order valence-corrected chi connectivity index (χ4v) is 3.10. The molecule has 2 fully saturated rings. The van der Waals surface area contributed by atoms with Crippen LogP contribution in [-0.2, 0) is 0 Å². The number of nitrogens with one attached hydrogen (secondary N) is 1. The lowest BCUT2D eigenvalue weighted by Crippen LogP contribution is -2.30. The minimum atomic E-state index is 0.302. The lowest BCUT2D eigenvalue weighted by Gasteiger charge is -2.25. The summed E-state index contributed by atoms with van der Waals surface area (Å²) in [7, 11) is 0. The Balaban J connectivity index is 1.76. The number of hydrogen-bond donors (Lipinski definition) is 1. The maximum Gasteiger partial charge on any atom is 0.244 e. The fraction of sp³-hybridized carbons (Fsp3) is 0.846. The number of aromatic nitrogens is 2. The molecule has 3 rings (SSSR count). The SMILES string of the molecule is CC(C)N1CCCC1c1nc(C2CCCN2)no1. The van der Waals surface area contributed by atoms with Crippen LogP contribution in [0.5, 0.6) is 0 Å². The molecule has 0 spiro atoms. The second-order valence-electron chi connectivity index (χ2n) is 5.63. The molecule has 0 amide bonds. The van der Waals surface area contributed by atoms with Crippen LogP contribution in [0.15, 0.2) is 4.52 Å². The second-order valence-corrected chi connectivity index (χ2v) is 5.63. The number of likely N-dealkylation sites (tertiary alicyclic amines) is 1. The van der Waals surface area contributed by atoms with Gasteiger partial charge in [0, 0.05) is 6.04 Å². The van der Waals surface area contributed by atoms with Gasteiger partial charge in [0.1, 0.15) is 0 Å². The Labute approximate surface area is 108 Å². The van der Waals surface area contributed by atoms with Crippen LogP contribution in [0.4, 0.5) is 0 Å². The Morgan fingerprint density at radius 2 is 2.22 bits per heavy atom. The highest BCUT2D eigenvalue weighted by Gasteiger charge is 2.33. The summed E-state index contributed by atoms with van der Waals surface area (Å²) in [6.07, 6.45) is 4.69. The van der Waals surface area contributed by atoms with Crippen molar-refractivity contribution in [2.75, 3.05) is 13.1 Å². The second kappa shape index (κ2) is 4.97. The van der Waals surface area contributed by atoms with Crippen LogP contribution in [-0.4, -0.2) is 34.2 Å². The van der Waals surface area contributed by atoms with E-state index in [1.54, 1.807) is 0 Å². The molecule has 0 radical (unpaired) electrons. The van der Waals surface area contributed by atoms with Gasteiger partial charge in [-0.1, -0.05) is 5.16 Å². The Morgan fingerprint density at radius 1 is 1.33 bits per heavy atom. The monoisotopic (exact) mass is 250 g/mol. The molecule has 1 aromatic heterocycles. The van der Waals surface area contributed by atoms with Gasteiger partial charge >= 0.3 is 0 Å². The average molecular weight is 250 g/mol. The average Bonchev–Trinajstić information content (AvgIpc) is 3.10. The molecule has 1 aromatic rings. The first-order chi connectivity index (χ1) is 8.75. The summed E-state index contributed by atoms with van der Waals surface area (Å²) in [4.78, 5) is 7.08. The first kappa shape index (κ1) is 12.1. The summed E-state index contributed by atoms with van der Waals surface area (Å²) in [6, 6.07) is 1.17. The molecule has 5 heteroatoms. The predicted octanol–water partition coefficient (Wildman–Crippen LogP) is 2.04. The summed E-state index contributed by atoms with van der Waals surface area (Å²) in [6.45, 7) is 6.67. The van der Waals surface area contributed by atoms with E-state index in [0.29, 0.717) is 18.1 Å². The Bertz CT molecular complexity index is 397. The largest absolute Gasteiger partial charge is 0.338 e.